The number of hydrogen-bond donors (Lipinski definition) is 0. The van der Waals surface area contributed by atoms with Crippen LogP contribution in [0.25, 0.3) is 0 Å². The molecule has 0 N–H and O–H groups in total. The topological polar surface area (TPSA) is 3.24 Å². The Hall–Kier alpha value is -0.0400. The zero-order valence-electron chi connectivity index (χ0n) is 18.3. The molecular weight excluding hydrogens is 302 g/mol. The van der Waals surface area contributed by atoms with Crippen LogP contribution in [-0.4, -0.2) is 24.5 Å². The smallest absolute Gasteiger partial charge is 0.00187 e. The van der Waals surface area contributed by atoms with E-state index in [0.29, 0.717) is 0 Å². The molecule has 0 atom stereocenters. The second-order valence-electron chi connectivity index (χ2n) is 8.14. The first-order valence-corrected chi connectivity index (χ1v) is 12.1. The standard InChI is InChI=1S/C24H51N/c1-4-7-9-11-13-15-17-19-21-24-25(22-6-3)23-20-18-16-14-12-10-8-5-2/h4-24H2,1-3H3. The Balaban J connectivity index is 3.42. The Morgan fingerprint density at radius 3 is 0.960 bits per heavy atom. The molecule has 25 heavy (non-hydrogen) atoms. The molecule has 0 radical (unpaired) electrons. The van der Waals surface area contributed by atoms with Crippen LogP contribution in [0.2, 0.25) is 0 Å². The van der Waals surface area contributed by atoms with Gasteiger partial charge in [0, 0.05) is 0 Å². The van der Waals surface area contributed by atoms with Gasteiger partial charge < -0.3 is 4.90 Å². The van der Waals surface area contributed by atoms with Crippen LogP contribution in [0.3, 0.4) is 0 Å². The van der Waals surface area contributed by atoms with Crippen LogP contribution in [0, 0.1) is 0 Å². The molecule has 0 spiro atoms. The lowest BCUT2D eigenvalue weighted by atomic mass is 10.1. The van der Waals surface area contributed by atoms with Crippen LogP contribution in [0.4, 0.5) is 0 Å². The van der Waals surface area contributed by atoms with Gasteiger partial charge in [0.25, 0.3) is 0 Å². The van der Waals surface area contributed by atoms with Crippen LogP contribution in [0.1, 0.15) is 136 Å². The van der Waals surface area contributed by atoms with Crippen molar-refractivity contribution >= 4 is 0 Å². The van der Waals surface area contributed by atoms with Gasteiger partial charge in [0.1, 0.15) is 0 Å². The van der Waals surface area contributed by atoms with E-state index in [4.69, 9.17) is 0 Å². The van der Waals surface area contributed by atoms with E-state index in [1.165, 1.54) is 135 Å². The molecular formula is C24H51N. The molecule has 0 aromatic carbocycles. The van der Waals surface area contributed by atoms with Gasteiger partial charge in [-0.05, 0) is 38.9 Å². The molecule has 0 saturated heterocycles. The second-order valence-corrected chi connectivity index (χ2v) is 8.14. The Morgan fingerprint density at radius 2 is 0.640 bits per heavy atom. The second kappa shape index (κ2) is 22.0. The van der Waals surface area contributed by atoms with E-state index in [2.05, 4.69) is 25.7 Å². The molecule has 1 nitrogen and oxygen atoms in total. The van der Waals surface area contributed by atoms with Crippen molar-refractivity contribution in [2.75, 3.05) is 19.6 Å². The average molecular weight is 354 g/mol. The van der Waals surface area contributed by atoms with Gasteiger partial charge in [0.15, 0.2) is 0 Å². The van der Waals surface area contributed by atoms with Crippen molar-refractivity contribution in [3.63, 3.8) is 0 Å². The van der Waals surface area contributed by atoms with Gasteiger partial charge in [0.2, 0.25) is 0 Å². The third-order valence-corrected chi connectivity index (χ3v) is 5.45. The number of nitrogens with zero attached hydrogens (tertiary/aromatic N) is 1. The van der Waals surface area contributed by atoms with Gasteiger partial charge in [-0.1, -0.05) is 117 Å². The highest BCUT2D eigenvalue weighted by molar-refractivity contribution is 4.59. The molecule has 0 bridgehead atoms. The van der Waals surface area contributed by atoms with Crippen LogP contribution >= 0.6 is 0 Å². The zero-order valence-corrected chi connectivity index (χ0v) is 18.3. The van der Waals surface area contributed by atoms with Crippen LogP contribution < -0.4 is 0 Å². The summed E-state index contributed by atoms with van der Waals surface area (Å²) in [6, 6.07) is 0. The third kappa shape index (κ3) is 20.1. The van der Waals surface area contributed by atoms with E-state index in [0.717, 1.165) is 0 Å². The van der Waals surface area contributed by atoms with Crippen molar-refractivity contribution in [3.05, 3.63) is 0 Å². The van der Waals surface area contributed by atoms with Crippen molar-refractivity contribution in [2.45, 2.75) is 136 Å². The minimum Gasteiger partial charge on any atom is -0.303 e. The molecule has 152 valence electrons. The number of rotatable bonds is 21. The number of unbranched alkanes of at least 4 members (excludes halogenated alkanes) is 15. The molecule has 0 unspecified atom stereocenters. The Bertz CT molecular complexity index is 226. The van der Waals surface area contributed by atoms with Crippen LogP contribution in [-0.2, 0) is 0 Å². The fourth-order valence-electron chi connectivity index (χ4n) is 3.77. The molecule has 0 aromatic rings. The third-order valence-electron chi connectivity index (χ3n) is 5.45. The summed E-state index contributed by atoms with van der Waals surface area (Å²) < 4.78 is 0. The molecule has 0 aromatic heterocycles. The minimum absolute atomic E-state index is 1.31. The fourth-order valence-corrected chi connectivity index (χ4v) is 3.77. The zero-order chi connectivity index (χ0) is 18.4. The SMILES string of the molecule is CCCCCCCCCCCN(CCC)CCCCCCCCCC. The monoisotopic (exact) mass is 353 g/mol. The first-order valence-electron chi connectivity index (χ1n) is 12.1. The van der Waals surface area contributed by atoms with Crippen LogP contribution in [0.5, 0.6) is 0 Å². The summed E-state index contributed by atoms with van der Waals surface area (Å²) in [6.45, 7) is 10.9. The lowest BCUT2D eigenvalue weighted by Gasteiger charge is -2.21. The van der Waals surface area contributed by atoms with Gasteiger partial charge in [-0.15, -0.1) is 0 Å². The molecule has 0 rings (SSSR count). The highest BCUT2D eigenvalue weighted by atomic mass is 15.1. The summed E-state index contributed by atoms with van der Waals surface area (Å²) in [5.41, 5.74) is 0. The van der Waals surface area contributed by atoms with E-state index in [1.54, 1.807) is 0 Å². The molecule has 0 fully saturated rings. The maximum Gasteiger partial charge on any atom is -0.00187 e. The summed E-state index contributed by atoms with van der Waals surface area (Å²) >= 11 is 0. The van der Waals surface area contributed by atoms with Crippen molar-refractivity contribution < 1.29 is 0 Å². The molecule has 0 amide bonds. The van der Waals surface area contributed by atoms with E-state index in [-0.39, 0.29) is 0 Å². The quantitative estimate of drug-likeness (QED) is 0.187. The predicted octanol–water partition coefficient (Wildman–Crippen LogP) is 8.37. The van der Waals surface area contributed by atoms with Gasteiger partial charge in [-0.2, -0.15) is 0 Å². The Kier molecular flexibility index (Phi) is 22.0. The minimum atomic E-state index is 1.31. The maximum atomic E-state index is 2.73. The van der Waals surface area contributed by atoms with Gasteiger partial charge in [-0.25, -0.2) is 0 Å². The first-order chi connectivity index (χ1) is 12.3. The molecule has 0 heterocycles. The predicted molar refractivity (Wildman–Crippen MR) is 117 cm³/mol. The maximum absolute atomic E-state index is 2.73. The van der Waals surface area contributed by atoms with Gasteiger partial charge in [-0.3, -0.25) is 0 Å². The van der Waals surface area contributed by atoms with E-state index >= 15 is 0 Å². The van der Waals surface area contributed by atoms with Gasteiger partial charge >= 0.3 is 0 Å². The highest BCUT2D eigenvalue weighted by Crippen LogP contribution is 2.11. The molecule has 0 aliphatic rings. The highest BCUT2D eigenvalue weighted by Gasteiger charge is 2.03. The molecule has 1 heteroatoms. The summed E-state index contributed by atoms with van der Waals surface area (Å²) in [6.07, 6.45) is 25.8. The van der Waals surface area contributed by atoms with E-state index in [1.807, 2.05) is 0 Å². The summed E-state index contributed by atoms with van der Waals surface area (Å²) in [5, 5.41) is 0. The number of hydrogen-bond acceptors (Lipinski definition) is 1. The largest absolute Gasteiger partial charge is 0.303 e. The lowest BCUT2D eigenvalue weighted by molar-refractivity contribution is 0.260. The molecule has 0 aliphatic heterocycles. The van der Waals surface area contributed by atoms with Crippen LogP contribution in [0.15, 0.2) is 0 Å². The molecule has 0 aliphatic carbocycles. The Labute approximate surface area is 161 Å². The lowest BCUT2D eigenvalue weighted by Crippen LogP contribution is -2.27. The normalized spacial score (nSPS) is 11.5. The first kappa shape index (κ1) is 25.0. The van der Waals surface area contributed by atoms with Gasteiger partial charge in [0.05, 0.1) is 0 Å². The van der Waals surface area contributed by atoms with E-state index < -0.39 is 0 Å². The van der Waals surface area contributed by atoms with E-state index in [9.17, 15) is 0 Å². The summed E-state index contributed by atoms with van der Waals surface area (Å²) in [5.74, 6) is 0. The van der Waals surface area contributed by atoms with Crippen molar-refractivity contribution in [1.29, 1.82) is 0 Å². The van der Waals surface area contributed by atoms with Crippen molar-refractivity contribution in [3.8, 4) is 0 Å². The van der Waals surface area contributed by atoms with Crippen molar-refractivity contribution in [2.24, 2.45) is 0 Å². The fraction of sp³-hybridized carbons (Fsp3) is 1.00. The summed E-state index contributed by atoms with van der Waals surface area (Å²) in [7, 11) is 0. The summed E-state index contributed by atoms with van der Waals surface area (Å²) in [4.78, 5) is 2.73. The van der Waals surface area contributed by atoms with Crippen molar-refractivity contribution in [1.82, 2.24) is 4.90 Å². The molecule has 0 saturated carbocycles. The Morgan fingerprint density at radius 1 is 0.320 bits per heavy atom. The average Bonchev–Trinajstić information content (AvgIpc) is 2.62.